The lowest BCUT2D eigenvalue weighted by molar-refractivity contribution is -0.143. The highest BCUT2D eigenvalue weighted by molar-refractivity contribution is 6.42. The standard InChI is InChI=1S/C14H17Cl2NO3/c1-8(2)13(14(19)20)17-12(18)6-4-9-3-5-10(15)11(16)7-9/h3,5,7-8,13H,4,6H2,1-2H3,(H,17,18)(H,19,20)/t13-/m1/s1. The molecule has 1 rings (SSSR count). The Hall–Kier alpha value is -1.26. The quantitative estimate of drug-likeness (QED) is 0.847. The van der Waals surface area contributed by atoms with Gasteiger partial charge in [-0.3, -0.25) is 4.79 Å². The lowest BCUT2D eigenvalue weighted by Crippen LogP contribution is -2.44. The van der Waals surface area contributed by atoms with Crippen molar-refractivity contribution in [2.24, 2.45) is 5.92 Å². The molecule has 110 valence electrons. The summed E-state index contributed by atoms with van der Waals surface area (Å²) >= 11 is 11.7. The minimum absolute atomic E-state index is 0.165. The highest BCUT2D eigenvalue weighted by Gasteiger charge is 2.23. The largest absolute Gasteiger partial charge is 0.480 e. The average molecular weight is 318 g/mol. The second-order valence-electron chi connectivity index (χ2n) is 4.88. The molecule has 0 aliphatic carbocycles. The molecule has 0 spiro atoms. The van der Waals surface area contributed by atoms with Crippen LogP contribution in [0.2, 0.25) is 10.0 Å². The fraction of sp³-hybridized carbons (Fsp3) is 0.429. The third-order valence-electron chi connectivity index (χ3n) is 2.87. The molecule has 0 aliphatic heterocycles. The minimum atomic E-state index is -1.03. The summed E-state index contributed by atoms with van der Waals surface area (Å²) in [5, 5.41) is 12.4. The molecule has 20 heavy (non-hydrogen) atoms. The number of carboxylic acids is 1. The summed E-state index contributed by atoms with van der Waals surface area (Å²) in [5.41, 5.74) is 0.881. The predicted octanol–water partition coefficient (Wildman–Crippen LogP) is 3.15. The van der Waals surface area contributed by atoms with Crippen LogP contribution in [-0.4, -0.2) is 23.0 Å². The zero-order valence-electron chi connectivity index (χ0n) is 11.3. The molecule has 6 heteroatoms. The molecule has 0 saturated heterocycles. The zero-order chi connectivity index (χ0) is 15.3. The highest BCUT2D eigenvalue weighted by atomic mass is 35.5. The zero-order valence-corrected chi connectivity index (χ0v) is 12.8. The van der Waals surface area contributed by atoms with Crippen LogP contribution >= 0.6 is 23.2 Å². The van der Waals surface area contributed by atoms with Crippen LogP contribution < -0.4 is 5.32 Å². The Morgan fingerprint density at radius 2 is 1.90 bits per heavy atom. The van der Waals surface area contributed by atoms with E-state index >= 15 is 0 Å². The molecule has 1 atom stereocenters. The molecule has 0 fully saturated rings. The first-order chi connectivity index (χ1) is 9.31. The molecule has 0 saturated carbocycles. The van der Waals surface area contributed by atoms with Gasteiger partial charge in [0.15, 0.2) is 0 Å². The van der Waals surface area contributed by atoms with Crippen molar-refractivity contribution in [1.82, 2.24) is 5.32 Å². The van der Waals surface area contributed by atoms with Gasteiger partial charge in [-0.15, -0.1) is 0 Å². The Balaban J connectivity index is 2.54. The molecule has 2 N–H and O–H groups in total. The first-order valence-electron chi connectivity index (χ1n) is 6.27. The van der Waals surface area contributed by atoms with Crippen LogP contribution in [0, 0.1) is 5.92 Å². The lowest BCUT2D eigenvalue weighted by atomic mass is 10.0. The van der Waals surface area contributed by atoms with E-state index in [9.17, 15) is 9.59 Å². The number of hydrogen-bond acceptors (Lipinski definition) is 2. The second-order valence-corrected chi connectivity index (χ2v) is 5.69. The van der Waals surface area contributed by atoms with Gasteiger partial charge in [-0.1, -0.05) is 43.1 Å². The van der Waals surface area contributed by atoms with Crippen molar-refractivity contribution in [3.8, 4) is 0 Å². The van der Waals surface area contributed by atoms with E-state index in [1.54, 1.807) is 32.0 Å². The van der Waals surface area contributed by atoms with Crippen LogP contribution in [0.15, 0.2) is 18.2 Å². The number of carbonyl (C=O) groups excluding carboxylic acids is 1. The van der Waals surface area contributed by atoms with Gasteiger partial charge in [0.2, 0.25) is 5.91 Å². The van der Waals surface area contributed by atoms with Crippen molar-refractivity contribution in [1.29, 1.82) is 0 Å². The molecule has 0 unspecified atom stereocenters. The topological polar surface area (TPSA) is 66.4 Å². The molecule has 0 heterocycles. The monoisotopic (exact) mass is 317 g/mol. The van der Waals surface area contributed by atoms with E-state index in [2.05, 4.69) is 5.32 Å². The Morgan fingerprint density at radius 3 is 2.40 bits per heavy atom. The molecular weight excluding hydrogens is 301 g/mol. The van der Waals surface area contributed by atoms with Gasteiger partial charge < -0.3 is 10.4 Å². The van der Waals surface area contributed by atoms with E-state index in [1.165, 1.54) is 0 Å². The molecule has 0 bridgehead atoms. The number of amides is 1. The number of carboxylic acid groups (broad SMARTS) is 1. The van der Waals surface area contributed by atoms with Gasteiger partial charge in [0.1, 0.15) is 6.04 Å². The summed E-state index contributed by atoms with van der Waals surface area (Å²) in [6.45, 7) is 3.50. The predicted molar refractivity (Wildman–Crippen MR) is 79.2 cm³/mol. The number of aryl methyl sites for hydroxylation is 1. The maximum Gasteiger partial charge on any atom is 0.326 e. The summed E-state index contributed by atoms with van der Waals surface area (Å²) in [4.78, 5) is 22.7. The van der Waals surface area contributed by atoms with Crippen LogP contribution in [0.3, 0.4) is 0 Å². The SMILES string of the molecule is CC(C)[C@@H](NC(=O)CCc1ccc(Cl)c(Cl)c1)C(=O)O. The Morgan fingerprint density at radius 1 is 1.25 bits per heavy atom. The maximum absolute atomic E-state index is 11.8. The van der Waals surface area contributed by atoms with Crippen molar-refractivity contribution in [2.45, 2.75) is 32.7 Å². The first kappa shape index (κ1) is 16.8. The van der Waals surface area contributed by atoms with E-state index in [-0.39, 0.29) is 18.2 Å². The van der Waals surface area contributed by atoms with Crippen LogP contribution in [-0.2, 0) is 16.0 Å². The van der Waals surface area contributed by atoms with Gasteiger partial charge in [0, 0.05) is 6.42 Å². The van der Waals surface area contributed by atoms with Crippen LogP contribution in [0.4, 0.5) is 0 Å². The lowest BCUT2D eigenvalue weighted by Gasteiger charge is -2.17. The minimum Gasteiger partial charge on any atom is -0.480 e. The second kappa shape index (κ2) is 7.50. The molecule has 1 amide bonds. The summed E-state index contributed by atoms with van der Waals surface area (Å²) in [5.74, 6) is -1.48. The number of nitrogens with one attached hydrogen (secondary N) is 1. The van der Waals surface area contributed by atoms with Crippen LogP contribution in [0.5, 0.6) is 0 Å². The Labute approximate surface area is 128 Å². The maximum atomic E-state index is 11.8. The number of benzene rings is 1. The summed E-state index contributed by atoms with van der Waals surface area (Å²) < 4.78 is 0. The van der Waals surface area contributed by atoms with Crippen molar-refractivity contribution >= 4 is 35.1 Å². The third kappa shape index (κ3) is 5.02. The molecule has 1 aromatic rings. The number of halogens is 2. The molecule has 0 aliphatic rings. The normalized spacial score (nSPS) is 12.2. The van der Waals surface area contributed by atoms with Crippen molar-refractivity contribution in [3.05, 3.63) is 33.8 Å². The smallest absolute Gasteiger partial charge is 0.326 e. The van der Waals surface area contributed by atoms with E-state index < -0.39 is 12.0 Å². The van der Waals surface area contributed by atoms with E-state index in [0.717, 1.165) is 5.56 Å². The van der Waals surface area contributed by atoms with E-state index in [0.29, 0.717) is 16.5 Å². The summed E-state index contributed by atoms with van der Waals surface area (Å²) in [7, 11) is 0. The fourth-order valence-electron chi connectivity index (χ4n) is 1.71. The van der Waals surface area contributed by atoms with Gasteiger partial charge in [-0.2, -0.15) is 0 Å². The van der Waals surface area contributed by atoms with E-state index in [1.807, 2.05) is 0 Å². The molecule has 4 nitrogen and oxygen atoms in total. The Kier molecular flexibility index (Phi) is 6.30. The number of rotatable bonds is 6. The van der Waals surface area contributed by atoms with Gasteiger partial charge in [0.05, 0.1) is 10.0 Å². The Bertz CT molecular complexity index is 503. The van der Waals surface area contributed by atoms with Crippen molar-refractivity contribution < 1.29 is 14.7 Å². The van der Waals surface area contributed by atoms with E-state index in [4.69, 9.17) is 28.3 Å². The molecular formula is C14H17Cl2NO3. The molecule has 1 aromatic carbocycles. The van der Waals surface area contributed by atoms with Gasteiger partial charge in [-0.05, 0) is 30.0 Å². The van der Waals surface area contributed by atoms with Gasteiger partial charge in [0.25, 0.3) is 0 Å². The average Bonchev–Trinajstić information content (AvgIpc) is 2.36. The molecule has 0 aromatic heterocycles. The molecule has 0 radical (unpaired) electrons. The summed E-state index contributed by atoms with van der Waals surface area (Å²) in [6, 6.07) is 4.30. The van der Waals surface area contributed by atoms with Gasteiger partial charge in [-0.25, -0.2) is 4.79 Å². The van der Waals surface area contributed by atoms with Crippen LogP contribution in [0.1, 0.15) is 25.8 Å². The van der Waals surface area contributed by atoms with Crippen molar-refractivity contribution in [2.75, 3.05) is 0 Å². The van der Waals surface area contributed by atoms with Crippen molar-refractivity contribution in [3.63, 3.8) is 0 Å². The van der Waals surface area contributed by atoms with Gasteiger partial charge >= 0.3 is 5.97 Å². The third-order valence-corrected chi connectivity index (χ3v) is 3.61. The van der Waals surface area contributed by atoms with Crippen LogP contribution in [0.25, 0.3) is 0 Å². The fourth-order valence-corrected chi connectivity index (χ4v) is 2.03. The first-order valence-corrected chi connectivity index (χ1v) is 7.03. The highest BCUT2D eigenvalue weighted by Crippen LogP contribution is 2.23. The summed E-state index contributed by atoms with van der Waals surface area (Å²) in [6.07, 6.45) is 0.682. The number of carbonyl (C=O) groups is 2. The number of aliphatic carboxylic acids is 1. The number of hydrogen-bond donors (Lipinski definition) is 2.